The Morgan fingerprint density at radius 2 is 1.63 bits per heavy atom. The van der Waals surface area contributed by atoms with E-state index in [1.165, 1.54) is 0 Å². The number of nitrogens with one attached hydrogen (secondary N) is 1. The summed E-state index contributed by atoms with van der Waals surface area (Å²) in [5.74, 6) is 0. The van der Waals surface area contributed by atoms with Gasteiger partial charge in [-0.15, -0.1) is 0 Å². The summed E-state index contributed by atoms with van der Waals surface area (Å²) in [5.41, 5.74) is 1.41. The second kappa shape index (κ2) is 5.87. The van der Waals surface area contributed by atoms with Crippen LogP contribution in [0.1, 0.15) is 18.1 Å². The Labute approximate surface area is 113 Å². The summed E-state index contributed by atoms with van der Waals surface area (Å²) in [4.78, 5) is 0. The standard InChI is InChI=1S/C16H19NO2/c1-16(19,13-7-3-2-4-8-13)14-9-5-6-10-15(14)17-11-12-18/h2-10,17-19H,11-12H2,1H3. The van der Waals surface area contributed by atoms with E-state index in [1.54, 1.807) is 6.92 Å². The lowest BCUT2D eigenvalue weighted by Crippen LogP contribution is -2.24. The molecule has 2 aromatic carbocycles. The Morgan fingerprint density at radius 1 is 1.00 bits per heavy atom. The Hall–Kier alpha value is -1.84. The molecule has 0 heterocycles. The highest BCUT2D eigenvalue weighted by Gasteiger charge is 2.27. The summed E-state index contributed by atoms with van der Waals surface area (Å²) >= 11 is 0. The Morgan fingerprint density at radius 3 is 2.32 bits per heavy atom. The van der Waals surface area contributed by atoms with Crippen LogP contribution in [0, 0.1) is 0 Å². The zero-order chi connectivity index (χ0) is 13.7. The Kier molecular flexibility index (Phi) is 4.20. The smallest absolute Gasteiger partial charge is 0.114 e. The van der Waals surface area contributed by atoms with Gasteiger partial charge >= 0.3 is 0 Å². The van der Waals surface area contributed by atoms with Crippen LogP contribution in [0.2, 0.25) is 0 Å². The second-order valence-electron chi connectivity index (χ2n) is 4.63. The number of benzene rings is 2. The van der Waals surface area contributed by atoms with E-state index < -0.39 is 5.60 Å². The summed E-state index contributed by atoms with van der Waals surface area (Å²) in [7, 11) is 0. The predicted molar refractivity (Wildman–Crippen MR) is 77.1 cm³/mol. The van der Waals surface area contributed by atoms with Gasteiger partial charge in [0.2, 0.25) is 0 Å². The van der Waals surface area contributed by atoms with Crippen LogP contribution >= 0.6 is 0 Å². The van der Waals surface area contributed by atoms with E-state index in [1.807, 2.05) is 54.6 Å². The van der Waals surface area contributed by atoms with Gasteiger partial charge in [0.15, 0.2) is 0 Å². The number of aliphatic hydroxyl groups is 2. The third-order valence-corrected chi connectivity index (χ3v) is 3.21. The average molecular weight is 257 g/mol. The summed E-state index contributed by atoms with van der Waals surface area (Å²) in [6, 6.07) is 17.2. The van der Waals surface area contributed by atoms with Crippen LogP contribution < -0.4 is 5.32 Å². The molecule has 0 aliphatic rings. The average Bonchev–Trinajstić information content (AvgIpc) is 2.46. The summed E-state index contributed by atoms with van der Waals surface area (Å²) in [6.07, 6.45) is 0. The van der Waals surface area contributed by atoms with Crippen molar-refractivity contribution in [3.05, 3.63) is 65.7 Å². The van der Waals surface area contributed by atoms with E-state index in [-0.39, 0.29) is 6.61 Å². The molecule has 3 nitrogen and oxygen atoms in total. The van der Waals surface area contributed by atoms with Gasteiger partial charge in [0.05, 0.1) is 6.61 Å². The highest BCUT2D eigenvalue weighted by atomic mass is 16.3. The molecule has 0 aromatic heterocycles. The molecule has 0 saturated carbocycles. The first-order valence-electron chi connectivity index (χ1n) is 6.38. The van der Waals surface area contributed by atoms with Gasteiger partial charge in [0.25, 0.3) is 0 Å². The van der Waals surface area contributed by atoms with Crippen molar-refractivity contribution in [2.24, 2.45) is 0 Å². The molecule has 100 valence electrons. The lowest BCUT2D eigenvalue weighted by Gasteiger charge is -2.27. The van der Waals surface area contributed by atoms with Crippen LogP contribution in [0.15, 0.2) is 54.6 Å². The van der Waals surface area contributed by atoms with Crippen molar-refractivity contribution in [2.75, 3.05) is 18.5 Å². The third-order valence-electron chi connectivity index (χ3n) is 3.21. The maximum absolute atomic E-state index is 10.8. The van der Waals surface area contributed by atoms with Gasteiger partial charge in [-0.1, -0.05) is 48.5 Å². The van der Waals surface area contributed by atoms with Gasteiger partial charge in [0.1, 0.15) is 5.60 Å². The summed E-state index contributed by atoms with van der Waals surface area (Å²) < 4.78 is 0. The van der Waals surface area contributed by atoms with Gasteiger partial charge in [0, 0.05) is 17.8 Å². The quantitative estimate of drug-likeness (QED) is 0.770. The maximum atomic E-state index is 10.8. The fraction of sp³-hybridized carbons (Fsp3) is 0.250. The number of aliphatic hydroxyl groups excluding tert-OH is 1. The molecule has 0 fully saturated rings. The molecule has 0 spiro atoms. The highest BCUT2D eigenvalue weighted by molar-refractivity contribution is 5.56. The van der Waals surface area contributed by atoms with Crippen molar-refractivity contribution in [3.8, 4) is 0 Å². The molecular weight excluding hydrogens is 238 g/mol. The van der Waals surface area contributed by atoms with Crippen molar-refractivity contribution in [3.63, 3.8) is 0 Å². The van der Waals surface area contributed by atoms with Crippen molar-refractivity contribution >= 4 is 5.69 Å². The Bertz CT molecular complexity index is 523. The van der Waals surface area contributed by atoms with Gasteiger partial charge in [-0.25, -0.2) is 0 Å². The highest BCUT2D eigenvalue weighted by Crippen LogP contribution is 2.33. The molecule has 0 amide bonds. The minimum absolute atomic E-state index is 0.0574. The summed E-state index contributed by atoms with van der Waals surface area (Å²) in [5, 5.41) is 22.9. The van der Waals surface area contributed by atoms with E-state index >= 15 is 0 Å². The molecule has 1 unspecified atom stereocenters. The van der Waals surface area contributed by atoms with E-state index in [2.05, 4.69) is 5.32 Å². The van der Waals surface area contributed by atoms with Crippen molar-refractivity contribution in [1.29, 1.82) is 0 Å². The monoisotopic (exact) mass is 257 g/mol. The molecule has 19 heavy (non-hydrogen) atoms. The van der Waals surface area contributed by atoms with Gasteiger partial charge in [-0.3, -0.25) is 0 Å². The van der Waals surface area contributed by atoms with E-state index in [9.17, 15) is 5.11 Å². The van der Waals surface area contributed by atoms with Gasteiger partial charge in [-0.05, 0) is 18.6 Å². The van der Waals surface area contributed by atoms with Crippen LogP contribution in [0.3, 0.4) is 0 Å². The van der Waals surface area contributed by atoms with E-state index in [4.69, 9.17) is 5.11 Å². The SMILES string of the molecule is CC(O)(c1ccccc1)c1ccccc1NCCO. The zero-order valence-corrected chi connectivity index (χ0v) is 11.0. The first kappa shape index (κ1) is 13.6. The van der Waals surface area contributed by atoms with Crippen molar-refractivity contribution in [2.45, 2.75) is 12.5 Å². The molecule has 3 N–H and O–H groups in total. The van der Waals surface area contributed by atoms with Gasteiger partial charge in [-0.2, -0.15) is 0 Å². The maximum Gasteiger partial charge on any atom is 0.114 e. The number of anilines is 1. The molecule has 1 atom stereocenters. The van der Waals surface area contributed by atoms with E-state index in [0.717, 1.165) is 16.8 Å². The number of hydrogen-bond acceptors (Lipinski definition) is 3. The molecule has 0 aliphatic carbocycles. The predicted octanol–water partition coefficient (Wildman–Crippen LogP) is 2.35. The Balaban J connectivity index is 2.40. The molecule has 0 aliphatic heterocycles. The van der Waals surface area contributed by atoms with Gasteiger partial charge < -0.3 is 15.5 Å². The minimum Gasteiger partial charge on any atom is -0.395 e. The molecular formula is C16H19NO2. The molecule has 2 rings (SSSR count). The molecule has 0 saturated heterocycles. The van der Waals surface area contributed by atoms with Crippen molar-refractivity contribution in [1.82, 2.24) is 0 Å². The lowest BCUT2D eigenvalue weighted by atomic mass is 9.87. The largest absolute Gasteiger partial charge is 0.395 e. The number of hydrogen-bond donors (Lipinski definition) is 3. The molecule has 2 aromatic rings. The fourth-order valence-corrected chi connectivity index (χ4v) is 2.17. The summed E-state index contributed by atoms with van der Waals surface area (Å²) in [6.45, 7) is 2.30. The lowest BCUT2D eigenvalue weighted by molar-refractivity contribution is 0.103. The second-order valence-corrected chi connectivity index (χ2v) is 4.63. The van der Waals surface area contributed by atoms with E-state index in [0.29, 0.717) is 6.54 Å². The zero-order valence-electron chi connectivity index (χ0n) is 11.0. The first-order chi connectivity index (χ1) is 9.16. The minimum atomic E-state index is -1.07. The number of rotatable bonds is 5. The van der Waals surface area contributed by atoms with Crippen LogP contribution in [0.25, 0.3) is 0 Å². The molecule has 0 radical (unpaired) electrons. The third kappa shape index (κ3) is 2.95. The topological polar surface area (TPSA) is 52.5 Å². The fourth-order valence-electron chi connectivity index (χ4n) is 2.17. The van der Waals surface area contributed by atoms with Crippen molar-refractivity contribution < 1.29 is 10.2 Å². The molecule has 0 bridgehead atoms. The van der Waals surface area contributed by atoms with Crippen LogP contribution in [-0.4, -0.2) is 23.4 Å². The first-order valence-corrected chi connectivity index (χ1v) is 6.38. The van der Waals surface area contributed by atoms with Crippen LogP contribution in [0.5, 0.6) is 0 Å². The molecule has 3 heteroatoms. The van der Waals surface area contributed by atoms with Crippen LogP contribution in [-0.2, 0) is 5.60 Å². The normalized spacial score (nSPS) is 13.8. The van der Waals surface area contributed by atoms with Crippen LogP contribution in [0.4, 0.5) is 5.69 Å². The number of para-hydroxylation sites is 1.